The van der Waals surface area contributed by atoms with Gasteiger partial charge in [-0.3, -0.25) is 0 Å². The van der Waals surface area contributed by atoms with Gasteiger partial charge in [-0.1, -0.05) is 97.1 Å². The maximum absolute atomic E-state index is 6.73. The molecule has 6 heterocycles. The molecule has 58 heavy (non-hydrogen) atoms. The molecule has 0 bridgehead atoms. The predicted molar refractivity (Wildman–Crippen MR) is 245 cm³/mol. The molecule has 0 amide bonds. The Hall–Kier alpha value is -7.28. The fourth-order valence-electron chi connectivity index (χ4n) is 10.8. The monoisotopic (exact) mass is 754 g/mol. The van der Waals surface area contributed by atoms with Gasteiger partial charge in [-0.2, -0.15) is 0 Å². The summed E-state index contributed by atoms with van der Waals surface area (Å²) in [6.07, 6.45) is 0. The van der Waals surface area contributed by atoms with Gasteiger partial charge in [-0.05, 0) is 94.0 Å². The number of nitrogens with zero attached hydrogens (tertiary/aromatic N) is 2. The van der Waals surface area contributed by atoms with Crippen molar-refractivity contribution in [1.29, 1.82) is 0 Å². The van der Waals surface area contributed by atoms with E-state index in [1.165, 1.54) is 80.5 Å². The summed E-state index contributed by atoms with van der Waals surface area (Å²) in [6, 6.07) is 60.2. The Morgan fingerprint density at radius 2 is 1.16 bits per heavy atom. The highest BCUT2D eigenvalue weighted by Gasteiger charge is 2.44. The molecule has 0 aliphatic carbocycles. The molecule has 0 spiro atoms. The maximum Gasteiger partial charge on any atom is 0.333 e. The van der Waals surface area contributed by atoms with Crippen LogP contribution in [-0.4, -0.2) is 11.3 Å². The van der Waals surface area contributed by atoms with E-state index in [2.05, 4.69) is 167 Å². The van der Waals surface area contributed by atoms with Gasteiger partial charge in [0.2, 0.25) is 0 Å². The number of aromatic nitrogens is 1. The molecule has 13 aromatic rings. The molecule has 0 N–H and O–H groups in total. The normalized spacial score (nSPS) is 13.4. The zero-order chi connectivity index (χ0) is 37.4. The van der Waals surface area contributed by atoms with Crippen LogP contribution >= 0.6 is 11.3 Å². The minimum Gasteiger partial charge on any atom is -0.456 e. The van der Waals surface area contributed by atoms with Gasteiger partial charge in [0.1, 0.15) is 22.3 Å². The van der Waals surface area contributed by atoms with Crippen molar-refractivity contribution < 1.29 is 8.83 Å². The van der Waals surface area contributed by atoms with Crippen LogP contribution in [0.4, 0.5) is 17.1 Å². The third kappa shape index (κ3) is 3.59. The van der Waals surface area contributed by atoms with E-state index in [-0.39, 0.29) is 6.85 Å². The Morgan fingerprint density at radius 3 is 2.00 bits per heavy atom. The zero-order valence-corrected chi connectivity index (χ0v) is 31.6. The van der Waals surface area contributed by atoms with Crippen LogP contribution in [0.15, 0.2) is 173 Å². The molecule has 0 unspecified atom stereocenters. The third-order valence-corrected chi connectivity index (χ3v) is 14.2. The van der Waals surface area contributed by atoms with Crippen LogP contribution in [0.2, 0.25) is 0 Å². The lowest BCUT2D eigenvalue weighted by Crippen LogP contribution is -2.56. The van der Waals surface area contributed by atoms with Crippen molar-refractivity contribution in [3.63, 3.8) is 0 Å². The first-order valence-electron chi connectivity index (χ1n) is 19.9. The van der Waals surface area contributed by atoms with Crippen molar-refractivity contribution >= 4 is 143 Å². The summed E-state index contributed by atoms with van der Waals surface area (Å²) in [5.74, 6) is 0. The molecule has 4 aromatic heterocycles. The molecule has 9 aromatic carbocycles. The lowest BCUT2D eigenvalue weighted by molar-refractivity contribution is 0.669. The van der Waals surface area contributed by atoms with Crippen molar-refractivity contribution in [1.82, 2.24) is 4.48 Å². The highest BCUT2D eigenvalue weighted by Crippen LogP contribution is 2.52. The number of benzene rings is 9. The van der Waals surface area contributed by atoms with Crippen LogP contribution in [0.1, 0.15) is 0 Å². The van der Waals surface area contributed by atoms with Crippen LogP contribution in [0.5, 0.6) is 0 Å². The van der Waals surface area contributed by atoms with E-state index in [4.69, 9.17) is 8.83 Å². The van der Waals surface area contributed by atoms with Gasteiger partial charge in [-0.15, -0.1) is 11.3 Å². The van der Waals surface area contributed by atoms with Gasteiger partial charge in [0.25, 0.3) is 0 Å². The van der Waals surface area contributed by atoms with E-state index in [9.17, 15) is 0 Å². The molecule has 6 heteroatoms. The van der Waals surface area contributed by atoms with Gasteiger partial charge in [0.15, 0.2) is 0 Å². The molecular weight excluding hydrogens is 727 g/mol. The number of fused-ring (bicyclic) bond motifs is 18. The molecule has 0 saturated carbocycles. The van der Waals surface area contributed by atoms with Crippen molar-refractivity contribution in [2.45, 2.75) is 0 Å². The fraction of sp³-hybridized carbons (Fsp3) is 0. The van der Waals surface area contributed by atoms with Crippen LogP contribution < -0.4 is 15.8 Å². The third-order valence-electron chi connectivity index (χ3n) is 13.1. The average Bonchev–Trinajstić information content (AvgIpc) is 4.02. The van der Waals surface area contributed by atoms with Gasteiger partial charge >= 0.3 is 6.85 Å². The largest absolute Gasteiger partial charge is 0.456 e. The number of furan rings is 2. The number of hydrogen-bond acceptors (Lipinski definition) is 4. The SMILES string of the molecule is c1ccc2cc3c(cc2c1)c1cccc2c1n3B1c3cc4oc5ccccc5c4cc3N(c3ccc4oc5ccccc5c4c3)c3cc4sc5ccccc5c4c-2c31. The summed E-state index contributed by atoms with van der Waals surface area (Å²) in [6.45, 7) is -0.119. The molecule has 2 aliphatic rings. The van der Waals surface area contributed by atoms with Crippen molar-refractivity contribution in [3.8, 4) is 11.1 Å². The average molecular weight is 755 g/mol. The molecule has 2 aliphatic heterocycles. The van der Waals surface area contributed by atoms with Gasteiger partial charge < -0.3 is 18.2 Å². The Kier molecular flexibility index (Phi) is 5.35. The minimum absolute atomic E-state index is 0.119. The number of rotatable bonds is 1. The zero-order valence-electron chi connectivity index (χ0n) is 30.8. The highest BCUT2D eigenvalue weighted by molar-refractivity contribution is 7.26. The topological polar surface area (TPSA) is 34.5 Å². The molecule has 0 saturated heterocycles. The highest BCUT2D eigenvalue weighted by atomic mass is 32.1. The minimum atomic E-state index is -0.119. The fourth-order valence-corrected chi connectivity index (χ4v) is 11.9. The lowest BCUT2D eigenvalue weighted by Gasteiger charge is -2.40. The molecule has 4 nitrogen and oxygen atoms in total. The Morgan fingerprint density at radius 1 is 0.466 bits per heavy atom. The summed E-state index contributed by atoms with van der Waals surface area (Å²) >= 11 is 1.89. The predicted octanol–water partition coefficient (Wildman–Crippen LogP) is 13.5. The molecular formula is C52H27BN2O2S. The van der Waals surface area contributed by atoms with Crippen molar-refractivity contribution in [2.75, 3.05) is 4.90 Å². The summed E-state index contributed by atoms with van der Waals surface area (Å²) in [5.41, 5.74) is 14.7. The van der Waals surface area contributed by atoms with E-state index < -0.39 is 0 Å². The van der Waals surface area contributed by atoms with Crippen LogP contribution in [0.25, 0.3) is 108 Å². The van der Waals surface area contributed by atoms with Crippen molar-refractivity contribution in [2.24, 2.45) is 0 Å². The molecule has 0 fully saturated rings. The summed E-state index contributed by atoms with van der Waals surface area (Å²) in [7, 11) is 0. The second-order valence-corrected chi connectivity index (χ2v) is 17.0. The van der Waals surface area contributed by atoms with Crippen LogP contribution in [0, 0.1) is 0 Å². The first kappa shape index (κ1) is 29.9. The van der Waals surface area contributed by atoms with Gasteiger partial charge in [0.05, 0.1) is 0 Å². The smallest absolute Gasteiger partial charge is 0.333 e. The number of para-hydroxylation sites is 3. The Balaban J connectivity index is 1.17. The standard InChI is InChI=1S/C52H27BN2O2S/c1-2-11-29-23-40-36(22-28(29)10-1)33-15-9-16-35-50-49-34-14-5-8-19-47(34)58-48(49)27-42-51(50)53(55(40)52(33)35)39-26-46-38(32-13-4-7-18-44(32)57-46)25-41(39)54(42)30-20-21-45-37(24-30)31-12-3-6-17-43(31)56-45/h1-27H. The summed E-state index contributed by atoms with van der Waals surface area (Å²) in [5, 5.41) is 12.2. The van der Waals surface area contributed by atoms with Gasteiger partial charge in [-0.25, -0.2) is 0 Å². The quantitative estimate of drug-likeness (QED) is 0.157. The number of hydrogen-bond donors (Lipinski definition) is 0. The second-order valence-electron chi connectivity index (χ2n) is 16.0. The van der Waals surface area contributed by atoms with E-state index in [1.807, 2.05) is 17.4 Å². The van der Waals surface area contributed by atoms with Crippen LogP contribution in [0.3, 0.4) is 0 Å². The first-order valence-corrected chi connectivity index (χ1v) is 20.7. The Labute approximate surface area is 334 Å². The number of anilines is 3. The van der Waals surface area contributed by atoms with Gasteiger partial charge in [0, 0.05) is 86.1 Å². The molecule has 266 valence electrons. The van der Waals surface area contributed by atoms with E-state index in [1.54, 1.807) is 0 Å². The Bertz CT molecular complexity index is 4020. The second kappa shape index (κ2) is 10.4. The lowest BCUT2D eigenvalue weighted by atomic mass is 9.45. The summed E-state index contributed by atoms with van der Waals surface area (Å²) in [4.78, 5) is 2.53. The van der Waals surface area contributed by atoms with E-state index >= 15 is 0 Å². The maximum atomic E-state index is 6.73. The van der Waals surface area contributed by atoms with Crippen molar-refractivity contribution in [3.05, 3.63) is 164 Å². The molecule has 0 radical (unpaired) electrons. The number of thiophene rings is 1. The van der Waals surface area contributed by atoms with E-state index in [0.29, 0.717) is 0 Å². The molecule has 0 atom stereocenters. The summed E-state index contributed by atoms with van der Waals surface area (Å²) < 4.78 is 18.4. The van der Waals surface area contributed by atoms with Crippen LogP contribution in [-0.2, 0) is 0 Å². The first-order chi connectivity index (χ1) is 28.7. The molecule has 15 rings (SSSR count). The van der Waals surface area contributed by atoms with E-state index in [0.717, 1.165) is 55.3 Å².